The minimum Gasteiger partial charge on any atom is -0.368 e. The second-order valence-electron chi connectivity index (χ2n) is 8.04. The van der Waals surface area contributed by atoms with Crippen molar-refractivity contribution in [2.45, 2.75) is 63.6 Å². The molecule has 0 radical (unpaired) electrons. The molecule has 1 aromatic heterocycles. The molecule has 0 saturated carbocycles. The van der Waals surface area contributed by atoms with Crippen LogP contribution < -0.4 is 16.4 Å². The van der Waals surface area contributed by atoms with Crippen LogP contribution in [0.1, 0.15) is 44.7 Å². The summed E-state index contributed by atoms with van der Waals surface area (Å²) in [5.74, 6) is -2.13. The van der Waals surface area contributed by atoms with Gasteiger partial charge in [-0.3, -0.25) is 24.1 Å². The van der Waals surface area contributed by atoms with E-state index in [1.54, 1.807) is 0 Å². The van der Waals surface area contributed by atoms with Gasteiger partial charge in [0, 0.05) is 31.4 Å². The zero-order valence-corrected chi connectivity index (χ0v) is 18.0. The number of nitrogens with one attached hydrogen (secondary N) is 3. The molecule has 1 aromatic rings. The number of primary amides is 1. The maximum Gasteiger partial charge on any atom is 0.324 e. The molecule has 3 rings (SSSR count). The lowest BCUT2D eigenvalue weighted by atomic mass is 10.1. The average molecular weight is 447 g/mol. The topological polar surface area (TPSA) is 171 Å². The third-order valence-electron chi connectivity index (χ3n) is 5.73. The average Bonchev–Trinajstić information content (AvgIpc) is 3.44. The van der Waals surface area contributed by atoms with E-state index in [2.05, 4.69) is 20.6 Å². The van der Waals surface area contributed by atoms with E-state index >= 15 is 0 Å². The summed E-state index contributed by atoms with van der Waals surface area (Å²) in [6.07, 6.45) is 5.47. The number of amides is 6. The van der Waals surface area contributed by atoms with Crippen LogP contribution in [0, 0.1) is 0 Å². The fourth-order valence-electron chi connectivity index (χ4n) is 3.99. The van der Waals surface area contributed by atoms with E-state index in [1.807, 2.05) is 6.92 Å². The van der Waals surface area contributed by atoms with Gasteiger partial charge < -0.3 is 26.3 Å². The lowest BCUT2D eigenvalue weighted by Gasteiger charge is -2.32. The molecule has 0 aliphatic carbocycles. The predicted molar refractivity (Wildman–Crippen MR) is 112 cm³/mol. The molecule has 2 saturated heterocycles. The Morgan fingerprint density at radius 2 is 2.12 bits per heavy atom. The Balaban J connectivity index is 1.71. The molecular weight excluding hydrogens is 418 g/mol. The van der Waals surface area contributed by atoms with E-state index in [0.29, 0.717) is 38.0 Å². The molecule has 6 amide bonds. The Morgan fingerprint density at radius 1 is 1.34 bits per heavy atom. The number of aromatic amines is 1. The molecule has 5 N–H and O–H groups in total. The van der Waals surface area contributed by atoms with Crippen molar-refractivity contribution in [3.8, 4) is 0 Å². The Bertz CT molecular complexity index is 854. The first-order valence-electron chi connectivity index (χ1n) is 10.8. The quantitative estimate of drug-likeness (QED) is 0.379. The van der Waals surface area contributed by atoms with Gasteiger partial charge in [0.25, 0.3) is 0 Å². The number of carbonyl (C=O) groups excluding carboxylic acids is 5. The molecule has 0 bridgehead atoms. The van der Waals surface area contributed by atoms with Crippen molar-refractivity contribution >= 4 is 29.7 Å². The summed E-state index contributed by atoms with van der Waals surface area (Å²) in [7, 11) is 0. The summed E-state index contributed by atoms with van der Waals surface area (Å²) in [5, 5.41) is 5.18. The minimum absolute atomic E-state index is 0.101. The van der Waals surface area contributed by atoms with Crippen LogP contribution in [0.5, 0.6) is 0 Å². The van der Waals surface area contributed by atoms with Crippen molar-refractivity contribution in [3.05, 3.63) is 18.2 Å². The molecule has 2 aliphatic rings. The Kier molecular flexibility index (Phi) is 7.44. The fraction of sp³-hybridized carbons (Fsp3) is 0.600. The van der Waals surface area contributed by atoms with Gasteiger partial charge in [0.05, 0.1) is 12.7 Å². The Hall–Kier alpha value is -3.44. The first-order chi connectivity index (χ1) is 15.3. The number of hydrogen-bond acceptors (Lipinski definition) is 6. The van der Waals surface area contributed by atoms with Crippen molar-refractivity contribution in [1.29, 1.82) is 0 Å². The highest BCUT2D eigenvalue weighted by Gasteiger charge is 2.40. The van der Waals surface area contributed by atoms with E-state index in [1.165, 1.54) is 17.4 Å². The lowest BCUT2D eigenvalue weighted by Crippen LogP contribution is -2.62. The van der Waals surface area contributed by atoms with Crippen LogP contribution in [0.2, 0.25) is 0 Å². The van der Waals surface area contributed by atoms with Gasteiger partial charge in [0.1, 0.15) is 18.1 Å². The van der Waals surface area contributed by atoms with Crippen LogP contribution in [0.25, 0.3) is 0 Å². The molecule has 3 heterocycles. The molecular formula is C20H29N7O5. The SMILES string of the molecule is CCCCN1C(=O)CC(C(=O)N[C@@H](Cc2cnc[nH]2)C(=O)N2CCC[C@H]2C(N)=O)NC1=O. The monoisotopic (exact) mass is 447 g/mol. The first-order valence-corrected chi connectivity index (χ1v) is 10.8. The van der Waals surface area contributed by atoms with Crippen molar-refractivity contribution in [1.82, 2.24) is 30.4 Å². The molecule has 0 spiro atoms. The van der Waals surface area contributed by atoms with Gasteiger partial charge in [-0.15, -0.1) is 0 Å². The zero-order chi connectivity index (χ0) is 23.3. The second-order valence-corrected chi connectivity index (χ2v) is 8.04. The number of unbranched alkanes of at least 4 members (excludes halogenated alkanes) is 1. The number of nitrogens with zero attached hydrogens (tertiary/aromatic N) is 3. The minimum atomic E-state index is -1.09. The van der Waals surface area contributed by atoms with E-state index in [4.69, 9.17) is 5.73 Å². The summed E-state index contributed by atoms with van der Waals surface area (Å²) in [4.78, 5) is 71.8. The number of imidazole rings is 1. The Morgan fingerprint density at radius 3 is 2.75 bits per heavy atom. The highest BCUT2D eigenvalue weighted by atomic mass is 16.2. The number of likely N-dealkylation sites (tertiary alicyclic amines) is 1. The molecule has 3 atom stereocenters. The molecule has 32 heavy (non-hydrogen) atoms. The van der Waals surface area contributed by atoms with E-state index in [9.17, 15) is 24.0 Å². The first kappa shape index (κ1) is 23.2. The third-order valence-corrected chi connectivity index (χ3v) is 5.73. The largest absolute Gasteiger partial charge is 0.368 e. The van der Waals surface area contributed by atoms with E-state index in [-0.39, 0.29) is 12.8 Å². The normalized spacial score (nSPS) is 21.9. The van der Waals surface area contributed by atoms with Crippen LogP contribution in [-0.4, -0.2) is 80.6 Å². The number of aromatic nitrogens is 2. The van der Waals surface area contributed by atoms with Gasteiger partial charge in [0.2, 0.25) is 23.6 Å². The predicted octanol–water partition coefficient (Wildman–Crippen LogP) is -0.976. The number of carbonyl (C=O) groups is 5. The second kappa shape index (κ2) is 10.2. The molecule has 12 nitrogen and oxygen atoms in total. The lowest BCUT2D eigenvalue weighted by molar-refractivity contribution is -0.141. The third kappa shape index (κ3) is 5.24. The maximum atomic E-state index is 13.2. The molecule has 2 aliphatic heterocycles. The molecule has 2 fully saturated rings. The van der Waals surface area contributed by atoms with Crippen molar-refractivity contribution in [2.75, 3.05) is 13.1 Å². The smallest absolute Gasteiger partial charge is 0.324 e. The van der Waals surface area contributed by atoms with Crippen LogP contribution in [0.4, 0.5) is 4.79 Å². The molecule has 12 heteroatoms. The standard InChI is InChI=1S/C20H29N7O5/c1-2-3-6-27-16(28)9-13(25-20(27)32)18(30)24-14(8-12-10-22-11-23-12)19(31)26-7-4-5-15(26)17(21)29/h10-11,13-15H,2-9H2,1H3,(H2,21,29)(H,22,23)(H,24,30)(H,25,32)/t13?,14-,15-/m0/s1. The summed E-state index contributed by atoms with van der Waals surface area (Å²) < 4.78 is 0. The number of rotatable bonds is 9. The summed E-state index contributed by atoms with van der Waals surface area (Å²) in [6, 6.07) is -3.46. The van der Waals surface area contributed by atoms with Crippen LogP contribution in [-0.2, 0) is 25.6 Å². The number of urea groups is 1. The van der Waals surface area contributed by atoms with Crippen molar-refractivity contribution < 1.29 is 24.0 Å². The number of imide groups is 1. The van der Waals surface area contributed by atoms with Crippen LogP contribution >= 0.6 is 0 Å². The highest BCUT2D eigenvalue weighted by molar-refractivity contribution is 6.03. The maximum absolute atomic E-state index is 13.2. The number of nitrogens with two attached hydrogens (primary N) is 1. The van der Waals surface area contributed by atoms with Crippen LogP contribution in [0.3, 0.4) is 0 Å². The van der Waals surface area contributed by atoms with Gasteiger partial charge in [-0.25, -0.2) is 9.78 Å². The van der Waals surface area contributed by atoms with Gasteiger partial charge >= 0.3 is 6.03 Å². The summed E-state index contributed by atoms with van der Waals surface area (Å²) in [6.45, 7) is 2.59. The molecule has 174 valence electrons. The van der Waals surface area contributed by atoms with Gasteiger partial charge in [0.15, 0.2) is 0 Å². The highest BCUT2D eigenvalue weighted by Crippen LogP contribution is 2.19. The summed E-state index contributed by atoms with van der Waals surface area (Å²) in [5.41, 5.74) is 6.04. The van der Waals surface area contributed by atoms with E-state index in [0.717, 1.165) is 11.3 Å². The van der Waals surface area contributed by atoms with Gasteiger partial charge in [-0.1, -0.05) is 13.3 Å². The van der Waals surface area contributed by atoms with E-state index < -0.39 is 47.8 Å². The molecule has 0 aromatic carbocycles. The summed E-state index contributed by atoms with van der Waals surface area (Å²) >= 11 is 0. The van der Waals surface area contributed by atoms with Gasteiger partial charge in [-0.2, -0.15) is 0 Å². The van der Waals surface area contributed by atoms with Gasteiger partial charge in [-0.05, 0) is 19.3 Å². The number of H-pyrrole nitrogens is 1. The molecule has 1 unspecified atom stereocenters. The number of hydrogen-bond donors (Lipinski definition) is 4. The van der Waals surface area contributed by atoms with Crippen LogP contribution in [0.15, 0.2) is 12.5 Å². The zero-order valence-electron chi connectivity index (χ0n) is 18.0. The Labute approximate surface area is 185 Å². The fourth-order valence-corrected chi connectivity index (χ4v) is 3.99. The van der Waals surface area contributed by atoms with Crippen molar-refractivity contribution in [2.24, 2.45) is 5.73 Å². The van der Waals surface area contributed by atoms with Crippen molar-refractivity contribution in [3.63, 3.8) is 0 Å².